The molecule has 0 aliphatic carbocycles. The molecule has 1 aliphatic heterocycles. The molecule has 3 nitrogen and oxygen atoms in total. The highest BCUT2D eigenvalue weighted by molar-refractivity contribution is 4.99. The van der Waals surface area contributed by atoms with Crippen molar-refractivity contribution in [2.24, 2.45) is 5.92 Å². The van der Waals surface area contributed by atoms with Gasteiger partial charge in [0.15, 0.2) is 6.29 Å². The highest BCUT2D eigenvalue weighted by Crippen LogP contribution is 2.18. The Kier molecular flexibility index (Phi) is 2.28. The maximum atomic E-state index is 9.16. The van der Waals surface area contributed by atoms with Crippen molar-refractivity contribution >= 4 is 0 Å². The molecule has 3 heteroatoms. The molecule has 0 bridgehead atoms. The summed E-state index contributed by atoms with van der Waals surface area (Å²) in [6, 6.07) is 0. The van der Waals surface area contributed by atoms with Crippen LogP contribution in [0.2, 0.25) is 0 Å². The fourth-order valence-corrected chi connectivity index (χ4v) is 0.976. The lowest BCUT2D eigenvalue weighted by molar-refractivity contribution is -0.176. The van der Waals surface area contributed by atoms with E-state index >= 15 is 0 Å². The van der Waals surface area contributed by atoms with Crippen molar-refractivity contribution < 1.29 is 14.9 Å². The fourth-order valence-electron chi connectivity index (χ4n) is 0.976. The zero-order valence-corrected chi connectivity index (χ0v) is 5.53. The van der Waals surface area contributed by atoms with Gasteiger partial charge in [0.25, 0.3) is 0 Å². The summed E-state index contributed by atoms with van der Waals surface area (Å²) < 4.78 is 4.80. The normalized spacial score (nSPS) is 40.7. The smallest absolute Gasteiger partial charge is 0.170 e. The Bertz CT molecular complexity index is 139. The Morgan fingerprint density at radius 1 is 1.50 bits per heavy atom. The van der Waals surface area contributed by atoms with E-state index in [-0.39, 0.29) is 0 Å². The third kappa shape index (κ3) is 1.29. The van der Waals surface area contributed by atoms with Gasteiger partial charge in [-0.15, -0.1) is 6.42 Å². The van der Waals surface area contributed by atoms with Gasteiger partial charge in [0.05, 0.1) is 18.6 Å². The minimum atomic E-state index is -0.992. The highest BCUT2D eigenvalue weighted by Gasteiger charge is 2.29. The Balaban J connectivity index is 2.56. The maximum absolute atomic E-state index is 9.16. The van der Waals surface area contributed by atoms with Crippen molar-refractivity contribution in [2.75, 3.05) is 6.61 Å². The lowest BCUT2D eigenvalue weighted by Crippen LogP contribution is -2.38. The van der Waals surface area contributed by atoms with E-state index in [9.17, 15) is 0 Å². The summed E-state index contributed by atoms with van der Waals surface area (Å²) in [6.45, 7) is 0.376. The van der Waals surface area contributed by atoms with E-state index in [4.69, 9.17) is 21.4 Å². The highest BCUT2D eigenvalue weighted by atomic mass is 16.6. The van der Waals surface area contributed by atoms with Crippen LogP contribution >= 0.6 is 0 Å². The van der Waals surface area contributed by atoms with Crippen molar-refractivity contribution in [3.8, 4) is 12.3 Å². The Morgan fingerprint density at radius 3 is 2.60 bits per heavy atom. The molecule has 56 valence electrons. The summed E-state index contributed by atoms with van der Waals surface area (Å²) in [5.74, 6) is 1.72. The summed E-state index contributed by atoms with van der Waals surface area (Å²) in [5, 5.41) is 18.2. The van der Waals surface area contributed by atoms with Gasteiger partial charge in [-0.05, 0) is 6.42 Å². The average Bonchev–Trinajstić information content (AvgIpc) is 1.88. The van der Waals surface area contributed by atoms with Gasteiger partial charge < -0.3 is 14.9 Å². The molecule has 3 unspecified atom stereocenters. The van der Waals surface area contributed by atoms with E-state index < -0.39 is 18.3 Å². The molecule has 0 saturated carbocycles. The molecule has 0 aromatic carbocycles. The molecule has 1 aliphatic rings. The maximum Gasteiger partial charge on any atom is 0.170 e. The molecule has 1 heterocycles. The molecule has 0 amide bonds. The van der Waals surface area contributed by atoms with Crippen LogP contribution in [-0.4, -0.2) is 29.2 Å². The number of terminal acetylenes is 1. The predicted octanol–water partition coefficient (Wildman–Crippen LogP) is -0.665. The van der Waals surface area contributed by atoms with Gasteiger partial charge in [-0.25, -0.2) is 0 Å². The Hall–Kier alpha value is -0.560. The van der Waals surface area contributed by atoms with Gasteiger partial charge in [0.1, 0.15) is 0 Å². The molecule has 0 aromatic heterocycles. The van der Waals surface area contributed by atoms with Crippen LogP contribution in [0.5, 0.6) is 0 Å². The third-order valence-corrected chi connectivity index (χ3v) is 1.62. The minimum Gasteiger partial charge on any atom is -0.392 e. The summed E-state index contributed by atoms with van der Waals surface area (Å²) in [5.41, 5.74) is 0. The zero-order chi connectivity index (χ0) is 7.56. The molecule has 10 heavy (non-hydrogen) atoms. The molecule has 0 aromatic rings. The van der Waals surface area contributed by atoms with Gasteiger partial charge in [0, 0.05) is 0 Å². The Morgan fingerprint density at radius 2 is 2.20 bits per heavy atom. The summed E-state index contributed by atoms with van der Waals surface area (Å²) in [7, 11) is 0. The topological polar surface area (TPSA) is 49.7 Å². The van der Waals surface area contributed by atoms with Crippen LogP contribution in [0.25, 0.3) is 0 Å². The second-order valence-corrected chi connectivity index (χ2v) is 2.31. The van der Waals surface area contributed by atoms with E-state index in [2.05, 4.69) is 5.92 Å². The van der Waals surface area contributed by atoms with E-state index in [0.717, 1.165) is 0 Å². The van der Waals surface area contributed by atoms with Gasteiger partial charge in [-0.2, -0.15) is 0 Å². The quantitative estimate of drug-likeness (QED) is 0.441. The Labute approximate surface area is 59.6 Å². The van der Waals surface area contributed by atoms with Crippen LogP contribution in [0, 0.1) is 18.3 Å². The van der Waals surface area contributed by atoms with Gasteiger partial charge in [-0.1, -0.05) is 5.92 Å². The van der Waals surface area contributed by atoms with E-state index in [1.165, 1.54) is 0 Å². The molecule has 1 saturated heterocycles. The van der Waals surface area contributed by atoms with Crippen molar-refractivity contribution in [3.05, 3.63) is 0 Å². The van der Waals surface area contributed by atoms with E-state index in [0.29, 0.717) is 13.0 Å². The van der Waals surface area contributed by atoms with Crippen LogP contribution in [0.1, 0.15) is 6.42 Å². The van der Waals surface area contributed by atoms with Gasteiger partial charge >= 0.3 is 0 Å². The van der Waals surface area contributed by atoms with Gasteiger partial charge in [-0.3, -0.25) is 0 Å². The first kappa shape index (κ1) is 7.55. The van der Waals surface area contributed by atoms with Crippen molar-refractivity contribution in [1.29, 1.82) is 0 Å². The second-order valence-electron chi connectivity index (χ2n) is 2.31. The van der Waals surface area contributed by atoms with E-state index in [1.54, 1.807) is 0 Å². The molecular formula is C7H10O3. The van der Waals surface area contributed by atoms with Crippen LogP contribution in [0.3, 0.4) is 0 Å². The molecule has 0 spiro atoms. The molecule has 2 N–H and O–H groups in total. The van der Waals surface area contributed by atoms with Crippen LogP contribution in [-0.2, 0) is 4.74 Å². The third-order valence-electron chi connectivity index (χ3n) is 1.62. The van der Waals surface area contributed by atoms with E-state index in [1.807, 2.05) is 0 Å². The number of hydrogen-bond donors (Lipinski definition) is 2. The largest absolute Gasteiger partial charge is 0.392 e. The van der Waals surface area contributed by atoms with Crippen LogP contribution < -0.4 is 0 Å². The fraction of sp³-hybridized carbons (Fsp3) is 0.714. The van der Waals surface area contributed by atoms with Crippen LogP contribution in [0.15, 0.2) is 0 Å². The number of aliphatic hydroxyl groups excluding tert-OH is 2. The molecule has 1 rings (SSSR count). The number of hydrogen-bond acceptors (Lipinski definition) is 3. The zero-order valence-electron chi connectivity index (χ0n) is 5.53. The minimum absolute atomic E-state index is 0.376. The lowest BCUT2D eigenvalue weighted by atomic mass is 9.98. The standard InChI is InChI=1S/C7H10O3/c1-2-5-6(8)3-4-10-7(5)9/h1,5-9H,3-4H2. The first-order valence-electron chi connectivity index (χ1n) is 3.19. The van der Waals surface area contributed by atoms with Crippen LogP contribution in [0.4, 0.5) is 0 Å². The number of aliphatic hydroxyl groups is 2. The lowest BCUT2D eigenvalue weighted by Gasteiger charge is -2.28. The van der Waals surface area contributed by atoms with Crippen molar-refractivity contribution in [1.82, 2.24) is 0 Å². The van der Waals surface area contributed by atoms with Crippen molar-refractivity contribution in [3.63, 3.8) is 0 Å². The molecular weight excluding hydrogens is 132 g/mol. The van der Waals surface area contributed by atoms with Gasteiger partial charge in [0.2, 0.25) is 0 Å². The first-order valence-corrected chi connectivity index (χ1v) is 3.19. The first-order chi connectivity index (χ1) is 4.75. The SMILES string of the molecule is C#CC1C(O)CCOC1O. The molecule has 0 radical (unpaired) electrons. The molecule has 1 fully saturated rings. The average molecular weight is 142 g/mol. The summed E-state index contributed by atoms with van der Waals surface area (Å²) in [4.78, 5) is 0. The predicted molar refractivity (Wildman–Crippen MR) is 34.9 cm³/mol. The van der Waals surface area contributed by atoms with Crippen molar-refractivity contribution in [2.45, 2.75) is 18.8 Å². The monoisotopic (exact) mass is 142 g/mol. The summed E-state index contributed by atoms with van der Waals surface area (Å²) in [6.07, 6.45) is 3.93. The second kappa shape index (κ2) is 3.02. The number of ether oxygens (including phenoxy) is 1. The molecule has 3 atom stereocenters. The number of rotatable bonds is 0. The summed E-state index contributed by atoms with van der Waals surface area (Å²) >= 11 is 0.